The molecule has 0 aromatic carbocycles. The normalized spacial score (nSPS) is 12.8. The summed E-state index contributed by atoms with van der Waals surface area (Å²) in [5, 5.41) is 29.3. The molecule has 1 aromatic rings. The highest BCUT2D eigenvalue weighted by molar-refractivity contribution is 5.30. The Morgan fingerprint density at radius 1 is 1.27 bits per heavy atom. The van der Waals surface area contributed by atoms with E-state index in [9.17, 15) is 20.1 Å². The van der Waals surface area contributed by atoms with Crippen molar-refractivity contribution in [2.75, 3.05) is 13.1 Å². The van der Waals surface area contributed by atoms with Crippen LogP contribution >= 0.6 is 0 Å². The van der Waals surface area contributed by atoms with Crippen molar-refractivity contribution in [3.8, 4) is 5.75 Å². The van der Waals surface area contributed by atoms with Gasteiger partial charge in [-0.2, -0.15) is 0 Å². The third-order valence-corrected chi connectivity index (χ3v) is 3.54. The molecule has 1 aromatic heterocycles. The number of aromatic nitrogens is 1. The van der Waals surface area contributed by atoms with Crippen LogP contribution in [0.3, 0.4) is 0 Å². The molecule has 22 heavy (non-hydrogen) atoms. The number of aromatic hydroxyl groups is 1. The summed E-state index contributed by atoms with van der Waals surface area (Å²) in [6.45, 7) is 7.85. The molecule has 6 nitrogen and oxygen atoms in total. The lowest BCUT2D eigenvalue weighted by atomic mass is 10.2. The van der Waals surface area contributed by atoms with Crippen LogP contribution in [0, 0.1) is 0 Å². The van der Waals surface area contributed by atoms with E-state index in [4.69, 9.17) is 0 Å². The predicted octanol–water partition coefficient (Wildman–Crippen LogP) is 1.05. The van der Waals surface area contributed by atoms with Gasteiger partial charge in [0.05, 0.1) is 18.4 Å². The fraction of sp³-hybridized carbons (Fsp3) is 0.688. The van der Waals surface area contributed by atoms with Gasteiger partial charge in [-0.1, -0.05) is 13.8 Å². The quantitative estimate of drug-likeness (QED) is 0.634. The first-order chi connectivity index (χ1) is 10.4. The van der Waals surface area contributed by atoms with E-state index in [1.165, 1.54) is 6.07 Å². The molecule has 0 aliphatic heterocycles. The van der Waals surface area contributed by atoms with E-state index in [0.29, 0.717) is 17.9 Å². The first kappa shape index (κ1) is 18.7. The van der Waals surface area contributed by atoms with E-state index in [2.05, 4.69) is 18.7 Å². The summed E-state index contributed by atoms with van der Waals surface area (Å²) < 4.78 is 1.65. The third kappa shape index (κ3) is 4.83. The van der Waals surface area contributed by atoms with Gasteiger partial charge in [0.15, 0.2) is 5.75 Å². The van der Waals surface area contributed by atoms with Crippen molar-refractivity contribution in [1.29, 1.82) is 0 Å². The Balaban J connectivity index is 3.28. The summed E-state index contributed by atoms with van der Waals surface area (Å²) in [7, 11) is 0. The molecule has 0 fully saturated rings. The zero-order valence-corrected chi connectivity index (χ0v) is 13.7. The molecule has 1 rings (SSSR count). The molecule has 1 atom stereocenters. The summed E-state index contributed by atoms with van der Waals surface area (Å²) in [6.07, 6.45) is 1.30. The van der Waals surface area contributed by atoms with E-state index in [1.807, 2.05) is 0 Å². The zero-order valence-electron chi connectivity index (χ0n) is 13.7. The number of aliphatic hydroxyl groups excluding tert-OH is 2. The van der Waals surface area contributed by atoms with Crippen LogP contribution in [0.2, 0.25) is 0 Å². The molecular formula is C16H28N2O4. The molecule has 0 aliphatic rings. The number of aliphatic hydroxyl groups is 2. The maximum absolute atomic E-state index is 11.9. The van der Waals surface area contributed by atoms with Gasteiger partial charge in [0.25, 0.3) is 0 Å². The predicted molar refractivity (Wildman–Crippen MR) is 85.8 cm³/mol. The molecule has 0 radical (unpaired) electrons. The first-order valence-electron chi connectivity index (χ1n) is 7.90. The van der Waals surface area contributed by atoms with Crippen LogP contribution < -0.4 is 5.43 Å². The molecule has 0 saturated heterocycles. The second-order valence-electron chi connectivity index (χ2n) is 5.69. The van der Waals surface area contributed by atoms with Crippen molar-refractivity contribution in [3.63, 3.8) is 0 Å². The number of rotatable bonds is 9. The molecule has 126 valence electrons. The summed E-state index contributed by atoms with van der Waals surface area (Å²) in [6, 6.07) is 1.23. The fourth-order valence-electron chi connectivity index (χ4n) is 2.64. The van der Waals surface area contributed by atoms with Crippen molar-refractivity contribution < 1.29 is 15.3 Å². The molecule has 1 heterocycles. The highest BCUT2D eigenvalue weighted by Crippen LogP contribution is 2.18. The Hall–Kier alpha value is -1.37. The Kier molecular flexibility index (Phi) is 7.58. The highest BCUT2D eigenvalue weighted by Gasteiger charge is 2.18. The number of pyridine rings is 1. The van der Waals surface area contributed by atoms with Gasteiger partial charge in [-0.3, -0.25) is 9.69 Å². The molecule has 0 saturated carbocycles. The standard InChI is InChI=1S/C16H28N2O4/c1-4-6-17(7-5-2)10-14-16(22)15(21)8-13(11-19)18(14)9-12(3)20/h8,12,19-20,22H,4-7,9-11H2,1-3H3. The Bertz CT molecular complexity index is 520. The zero-order chi connectivity index (χ0) is 16.7. The molecular weight excluding hydrogens is 284 g/mol. The third-order valence-electron chi connectivity index (χ3n) is 3.54. The minimum absolute atomic E-state index is 0.227. The average Bonchev–Trinajstić information content (AvgIpc) is 2.46. The molecule has 0 aliphatic carbocycles. The Morgan fingerprint density at radius 3 is 2.32 bits per heavy atom. The minimum atomic E-state index is -0.642. The van der Waals surface area contributed by atoms with Crippen LogP contribution in [0.1, 0.15) is 45.0 Å². The van der Waals surface area contributed by atoms with E-state index in [1.54, 1.807) is 11.5 Å². The van der Waals surface area contributed by atoms with Crippen LogP contribution in [0.4, 0.5) is 0 Å². The van der Waals surface area contributed by atoms with Gasteiger partial charge in [0, 0.05) is 24.8 Å². The summed E-state index contributed by atoms with van der Waals surface area (Å²) >= 11 is 0. The second kappa shape index (κ2) is 8.92. The lowest BCUT2D eigenvalue weighted by Gasteiger charge is -2.26. The highest BCUT2D eigenvalue weighted by atomic mass is 16.3. The molecule has 3 N–H and O–H groups in total. The molecule has 0 spiro atoms. The van der Waals surface area contributed by atoms with Gasteiger partial charge in [0.2, 0.25) is 5.43 Å². The lowest BCUT2D eigenvalue weighted by molar-refractivity contribution is 0.162. The van der Waals surface area contributed by atoms with Crippen molar-refractivity contribution in [2.45, 2.75) is 59.4 Å². The SMILES string of the molecule is CCCN(CCC)Cc1c(O)c(=O)cc(CO)n1CC(C)O. The van der Waals surface area contributed by atoms with Gasteiger partial charge >= 0.3 is 0 Å². The van der Waals surface area contributed by atoms with Crippen LogP contribution in [-0.4, -0.2) is 44.0 Å². The maximum atomic E-state index is 11.9. The maximum Gasteiger partial charge on any atom is 0.223 e. The van der Waals surface area contributed by atoms with E-state index >= 15 is 0 Å². The van der Waals surface area contributed by atoms with Gasteiger partial charge in [-0.05, 0) is 32.9 Å². The molecule has 1 unspecified atom stereocenters. The van der Waals surface area contributed by atoms with Gasteiger partial charge in [-0.15, -0.1) is 0 Å². The smallest absolute Gasteiger partial charge is 0.223 e. The van der Waals surface area contributed by atoms with Crippen molar-refractivity contribution in [2.24, 2.45) is 0 Å². The van der Waals surface area contributed by atoms with Crippen LogP contribution in [0.5, 0.6) is 5.75 Å². The summed E-state index contributed by atoms with van der Waals surface area (Å²) in [4.78, 5) is 14.1. The van der Waals surface area contributed by atoms with Crippen molar-refractivity contribution in [1.82, 2.24) is 9.47 Å². The monoisotopic (exact) mass is 312 g/mol. The van der Waals surface area contributed by atoms with Crippen LogP contribution in [0.25, 0.3) is 0 Å². The van der Waals surface area contributed by atoms with Crippen LogP contribution in [0.15, 0.2) is 10.9 Å². The Labute approximate surface area is 131 Å². The largest absolute Gasteiger partial charge is 0.503 e. The fourth-order valence-corrected chi connectivity index (χ4v) is 2.64. The van der Waals surface area contributed by atoms with Gasteiger partial charge in [-0.25, -0.2) is 0 Å². The second-order valence-corrected chi connectivity index (χ2v) is 5.69. The van der Waals surface area contributed by atoms with Gasteiger partial charge < -0.3 is 19.9 Å². The van der Waals surface area contributed by atoms with E-state index in [-0.39, 0.29) is 18.9 Å². The van der Waals surface area contributed by atoms with Crippen molar-refractivity contribution >= 4 is 0 Å². The lowest BCUT2D eigenvalue weighted by Crippen LogP contribution is -2.30. The van der Waals surface area contributed by atoms with Crippen molar-refractivity contribution in [3.05, 3.63) is 27.7 Å². The number of nitrogens with zero attached hydrogens (tertiary/aromatic N) is 2. The molecule has 0 bridgehead atoms. The number of hydrogen-bond acceptors (Lipinski definition) is 5. The number of hydrogen-bond donors (Lipinski definition) is 3. The molecule has 6 heteroatoms. The summed E-state index contributed by atoms with van der Waals surface area (Å²) in [5.41, 5.74) is 0.375. The Morgan fingerprint density at radius 2 is 1.86 bits per heavy atom. The minimum Gasteiger partial charge on any atom is -0.503 e. The van der Waals surface area contributed by atoms with E-state index < -0.39 is 11.5 Å². The summed E-state index contributed by atoms with van der Waals surface area (Å²) in [5.74, 6) is -0.296. The molecule has 0 amide bonds. The first-order valence-corrected chi connectivity index (χ1v) is 7.90. The van der Waals surface area contributed by atoms with E-state index in [0.717, 1.165) is 25.9 Å². The van der Waals surface area contributed by atoms with Gasteiger partial charge in [0.1, 0.15) is 0 Å². The topological polar surface area (TPSA) is 85.9 Å². The average molecular weight is 312 g/mol. The van der Waals surface area contributed by atoms with Crippen LogP contribution in [-0.2, 0) is 19.7 Å².